The van der Waals surface area contributed by atoms with Crippen molar-refractivity contribution in [3.63, 3.8) is 0 Å². The van der Waals surface area contributed by atoms with Crippen molar-refractivity contribution in [1.82, 2.24) is 20.1 Å². The zero-order valence-corrected chi connectivity index (χ0v) is 23.0. The molecule has 2 amide bonds. The van der Waals surface area contributed by atoms with Gasteiger partial charge in [0.25, 0.3) is 0 Å². The molecule has 0 bridgehead atoms. The zero-order valence-electron chi connectivity index (χ0n) is 23.0. The molecule has 1 unspecified atom stereocenters. The molecule has 0 aliphatic rings. The van der Waals surface area contributed by atoms with Gasteiger partial charge in [0.1, 0.15) is 11.8 Å². The summed E-state index contributed by atoms with van der Waals surface area (Å²) in [7, 11) is 0. The normalized spacial score (nSPS) is 11.8. The van der Waals surface area contributed by atoms with Crippen molar-refractivity contribution in [3.8, 4) is 22.7 Å². The molecule has 0 aliphatic heterocycles. The highest BCUT2D eigenvalue weighted by Gasteiger charge is 2.19. The van der Waals surface area contributed by atoms with Gasteiger partial charge in [-0.2, -0.15) is 5.10 Å². The van der Waals surface area contributed by atoms with Crippen LogP contribution in [0.1, 0.15) is 36.1 Å². The minimum atomic E-state index is -0.812. The number of carbonyl (C=O) groups excluding carboxylic acids is 2. The molecule has 208 valence electrons. The first-order chi connectivity index (χ1) is 19.9. The Bertz CT molecular complexity index is 1660. The zero-order chi connectivity index (χ0) is 28.8. The lowest BCUT2D eigenvalue weighted by molar-refractivity contribution is -0.127. The molecule has 0 aliphatic carbocycles. The average molecular weight is 548 g/mol. The number of benzene rings is 3. The van der Waals surface area contributed by atoms with Gasteiger partial charge in [0.15, 0.2) is 0 Å². The number of fused-ring (bicyclic) bond motifs is 1. The first kappa shape index (κ1) is 27.6. The number of pyridine rings is 1. The van der Waals surface area contributed by atoms with Gasteiger partial charge in [-0.3, -0.25) is 14.6 Å². The standard InChI is InChI=1S/C33H33N5O3/c1-22-10-14-26(15-11-22)38-27(20-30(37-38)25-19-24-6-2-4-8-29(24)35-21-25)7-3-5-9-32(40)36-31(33(34)41)18-23-12-16-28(39)17-13-23/h2,4,6,8,10-17,19-21,31,39H,3,5,7,9,18H2,1H3,(H2,34,41)(H,36,40). The molecule has 5 rings (SSSR count). The summed E-state index contributed by atoms with van der Waals surface area (Å²) >= 11 is 0. The summed E-state index contributed by atoms with van der Waals surface area (Å²) in [6, 6.07) is 26.1. The number of aryl methyl sites for hydroxylation is 2. The summed E-state index contributed by atoms with van der Waals surface area (Å²) < 4.78 is 1.96. The van der Waals surface area contributed by atoms with Gasteiger partial charge in [-0.25, -0.2) is 4.68 Å². The number of primary amides is 1. The Balaban J connectivity index is 1.25. The van der Waals surface area contributed by atoms with Crippen LogP contribution in [0.4, 0.5) is 0 Å². The number of unbranched alkanes of at least 4 members (excludes halogenated alkanes) is 1. The number of phenols is 1. The number of para-hydroxylation sites is 1. The Morgan fingerprint density at radius 1 is 0.976 bits per heavy atom. The van der Waals surface area contributed by atoms with Crippen LogP contribution in [0.3, 0.4) is 0 Å². The number of nitrogens with zero attached hydrogens (tertiary/aromatic N) is 3. The molecular weight excluding hydrogens is 514 g/mol. The maximum absolute atomic E-state index is 12.6. The van der Waals surface area contributed by atoms with E-state index in [0.29, 0.717) is 6.42 Å². The highest BCUT2D eigenvalue weighted by molar-refractivity contribution is 5.87. The van der Waals surface area contributed by atoms with Gasteiger partial charge in [-0.15, -0.1) is 0 Å². The molecule has 1 atom stereocenters. The lowest BCUT2D eigenvalue weighted by Crippen LogP contribution is -2.45. The summed E-state index contributed by atoms with van der Waals surface area (Å²) in [6.07, 6.45) is 4.53. The van der Waals surface area contributed by atoms with Crippen molar-refractivity contribution >= 4 is 22.7 Å². The second kappa shape index (κ2) is 12.5. The first-order valence-electron chi connectivity index (χ1n) is 13.7. The van der Waals surface area contributed by atoms with E-state index in [4.69, 9.17) is 10.8 Å². The molecule has 0 radical (unpaired) electrons. The van der Waals surface area contributed by atoms with Gasteiger partial charge in [0, 0.05) is 35.7 Å². The summed E-state index contributed by atoms with van der Waals surface area (Å²) in [5.74, 6) is -0.676. The second-order valence-electron chi connectivity index (χ2n) is 10.3. The number of aromatic nitrogens is 3. The Morgan fingerprint density at radius 2 is 1.73 bits per heavy atom. The number of carbonyl (C=O) groups is 2. The minimum absolute atomic E-state index is 0.137. The number of hydrogen-bond donors (Lipinski definition) is 3. The van der Waals surface area contributed by atoms with E-state index in [9.17, 15) is 14.7 Å². The lowest BCUT2D eigenvalue weighted by atomic mass is 10.0. The van der Waals surface area contributed by atoms with Crippen LogP contribution in [-0.2, 0) is 22.4 Å². The molecule has 5 aromatic rings. The van der Waals surface area contributed by atoms with Crippen molar-refractivity contribution < 1.29 is 14.7 Å². The monoisotopic (exact) mass is 547 g/mol. The number of phenolic OH excluding ortho intramolecular Hbond substituents is 1. The van der Waals surface area contributed by atoms with Gasteiger partial charge >= 0.3 is 0 Å². The summed E-state index contributed by atoms with van der Waals surface area (Å²) in [6.45, 7) is 2.05. The van der Waals surface area contributed by atoms with Gasteiger partial charge in [0.05, 0.1) is 16.9 Å². The Kier molecular flexibility index (Phi) is 8.39. The summed E-state index contributed by atoms with van der Waals surface area (Å²) in [4.78, 5) is 29.2. The average Bonchev–Trinajstić information content (AvgIpc) is 3.40. The Morgan fingerprint density at radius 3 is 2.49 bits per heavy atom. The van der Waals surface area contributed by atoms with Crippen LogP contribution < -0.4 is 11.1 Å². The predicted molar refractivity (Wildman–Crippen MR) is 160 cm³/mol. The smallest absolute Gasteiger partial charge is 0.240 e. The number of nitrogens with two attached hydrogens (primary N) is 1. The molecule has 2 aromatic heterocycles. The molecule has 8 nitrogen and oxygen atoms in total. The Labute approximate surface area is 238 Å². The van der Waals surface area contributed by atoms with E-state index < -0.39 is 11.9 Å². The van der Waals surface area contributed by atoms with Crippen LogP contribution >= 0.6 is 0 Å². The van der Waals surface area contributed by atoms with Crippen molar-refractivity contribution in [2.24, 2.45) is 5.73 Å². The van der Waals surface area contributed by atoms with Crippen LogP contribution in [0.25, 0.3) is 27.8 Å². The number of nitrogens with one attached hydrogen (secondary N) is 1. The summed E-state index contributed by atoms with van der Waals surface area (Å²) in [5, 5.41) is 18.2. The third-order valence-electron chi connectivity index (χ3n) is 7.09. The molecule has 0 spiro atoms. The molecule has 41 heavy (non-hydrogen) atoms. The van der Waals surface area contributed by atoms with E-state index in [2.05, 4.69) is 53.6 Å². The van der Waals surface area contributed by atoms with Crippen LogP contribution in [0, 0.1) is 6.92 Å². The van der Waals surface area contributed by atoms with Crippen molar-refractivity contribution in [2.75, 3.05) is 0 Å². The number of rotatable bonds is 11. The molecule has 0 saturated heterocycles. The third kappa shape index (κ3) is 6.97. The highest BCUT2D eigenvalue weighted by Crippen LogP contribution is 2.25. The maximum atomic E-state index is 12.6. The predicted octanol–water partition coefficient (Wildman–Crippen LogP) is 5.03. The highest BCUT2D eigenvalue weighted by atomic mass is 16.3. The summed E-state index contributed by atoms with van der Waals surface area (Å²) in [5.41, 5.74) is 12.3. The Hall–Kier alpha value is -4.98. The molecule has 2 heterocycles. The lowest BCUT2D eigenvalue weighted by Gasteiger charge is -2.15. The molecule has 0 fully saturated rings. The van der Waals surface area contributed by atoms with E-state index in [-0.39, 0.29) is 24.5 Å². The van der Waals surface area contributed by atoms with E-state index in [1.54, 1.807) is 24.3 Å². The van der Waals surface area contributed by atoms with E-state index in [1.807, 2.05) is 35.1 Å². The SMILES string of the molecule is Cc1ccc(-n2nc(-c3cnc4ccccc4c3)cc2CCCCC(=O)NC(Cc2ccc(O)cc2)C(N)=O)cc1. The molecular formula is C33H33N5O3. The number of hydrogen-bond acceptors (Lipinski definition) is 5. The van der Waals surface area contributed by atoms with E-state index in [0.717, 1.165) is 51.9 Å². The van der Waals surface area contributed by atoms with Crippen molar-refractivity contribution in [2.45, 2.75) is 45.1 Å². The quantitative estimate of drug-likeness (QED) is 0.200. The minimum Gasteiger partial charge on any atom is -0.508 e. The molecule has 3 aromatic carbocycles. The van der Waals surface area contributed by atoms with Crippen molar-refractivity contribution in [3.05, 3.63) is 108 Å². The van der Waals surface area contributed by atoms with Crippen LogP contribution in [-0.4, -0.2) is 37.7 Å². The molecule has 0 saturated carbocycles. The molecule has 4 N–H and O–H groups in total. The molecule has 8 heteroatoms. The van der Waals surface area contributed by atoms with Gasteiger partial charge in [-0.05, 0) is 74.2 Å². The number of amides is 2. The topological polar surface area (TPSA) is 123 Å². The largest absolute Gasteiger partial charge is 0.508 e. The van der Waals surface area contributed by atoms with Crippen molar-refractivity contribution in [1.29, 1.82) is 0 Å². The third-order valence-corrected chi connectivity index (χ3v) is 7.09. The second-order valence-corrected chi connectivity index (χ2v) is 10.3. The van der Waals surface area contributed by atoms with Crippen LogP contribution in [0.5, 0.6) is 5.75 Å². The van der Waals surface area contributed by atoms with E-state index in [1.165, 1.54) is 5.56 Å². The fourth-order valence-electron chi connectivity index (χ4n) is 4.81. The fraction of sp³-hybridized carbons (Fsp3) is 0.212. The maximum Gasteiger partial charge on any atom is 0.240 e. The van der Waals surface area contributed by atoms with Crippen LogP contribution in [0.2, 0.25) is 0 Å². The number of aromatic hydroxyl groups is 1. The van der Waals surface area contributed by atoms with Gasteiger partial charge in [-0.1, -0.05) is 48.0 Å². The van der Waals surface area contributed by atoms with Crippen LogP contribution in [0.15, 0.2) is 91.1 Å². The first-order valence-corrected chi connectivity index (χ1v) is 13.7. The van der Waals surface area contributed by atoms with Gasteiger partial charge in [0.2, 0.25) is 11.8 Å². The fourth-order valence-corrected chi connectivity index (χ4v) is 4.81. The van der Waals surface area contributed by atoms with Gasteiger partial charge < -0.3 is 16.2 Å². The van der Waals surface area contributed by atoms with E-state index >= 15 is 0 Å².